The molecule has 1 aromatic carbocycles. The van der Waals surface area contributed by atoms with Crippen LogP contribution in [0, 0.1) is 5.82 Å². The van der Waals surface area contributed by atoms with E-state index in [2.05, 4.69) is 5.32 Å². The van der Waals surface area contributed by atoms with Crippen molar-refractivity contribution in [2.75, 3.05) is 17.3 Å². The monoisotopic (exact) mass is 435 g/mol. The number of allylic oxidation sites excluding steroid dienone is 2. The van der Waals surface area contributed by atoms with Gasteiger partial charge < -0.3 is 10.4 Å². The second kappa shape index (κ2) is 6.61. The molecular weight excluding hydrogens is 421 g/mol. The van der Waals surface area contributed by atoms with Gasteiger partial charge in [0.05, 0.1) is 33.7 Å². The number of hydrogen-bond acceptors (Lipinski definition) is 6. The lowest BCUT2D eigenvalue weighted by Crippen LogP contribution is -2.33. The van der Waals surface area contributed by atoms with Crippen molar-refractivity contribution in [3.8, 4) is 0 Å². The number of benzene rings is 1. The highest BCUT2D eigenvalue weighted by Gasteiger charge is 2.44. The van der Waals surface area contributed by atoms with Crippen LogP contribution in [0.15, 0.2) is 40.1 Å². The molecule has 3 rings (SSSR count). The SMILES string of the molecule is CC1=C(C(=O)O)C(c2c(F)cccc2Cl)C2=C(CS(=O)(=O)CCS2(=O)=O)N1. The fraction of sp³-hybridized carbons (Fsp3) is 0.312. The zero-order chi connectivity index (χ0) is 20.1. The van der Waals surface area contributed by atoms with Crippen molar-refractivity contribution in [2.45, 2.75) is 12.8 Å². The molecule has 7 nitrogen and oxygen atoms in total. The summed E-state index contributed by atoms with van der Waals surface area (Å²) < 4.78 is 64.6. The van der Waals surface area contributed by atoms with E-state index in [0.717, 1.165) is 6.07 Å². The Kier molecular flexibility index (Phi) is 4.86. The van der Waals surface area contributed by atoms with E-state index in [0.29, 0.717) is 0 Å². The highest BCUT2D eigenvalue weighted by molar-refractivity contribution is 7.98. The summed E-state index contributed by atoms with van der Waals surface area (Å²) in [7, 11) is -7.94. The molecule has 0 amide bonds. The van der Waals surface area contributed by atoms with Crippen LogP contribution >= 0.6 is 11.6 Å². The lowest BCUT2D eigenvalue weighted by atomic mass is 9.86. The molecule has 146 valence electrons. The first-order chi connectivity index (χ1) is 12.4. The standard InChI is InChI=1S/C16H15ClFNO6S2/c1-8-12(16(20)21)14(13-9(17)3-2-4-10(13)18)15-11(19-8)7-26(22,23)5-6-27(15,24)25/h2-4,14,19H,5-7H2,1H3,(H,20,21). The predicted molar refractivity (Wildman–Crippen MR) is 97.1 cm³/mol. The predicted octanol–water partition coefficient (Wildman–Crippen LogP) is 1.58. The van der Waals surface area contributed by atoms with E-state index in [4.69, 9.17) is 11.6 Å². The number of rotatable bonds is 2. The van der Waals surface area contributed by atoms with Crippen molar-refractivity contribution in [1.82, 2.24) is 5.32 Å². The van der Waals surface area contributed by atoms with Crippen molar-refractivity contribution in [1.29, 1.82) is 0 Å². The number of carboxylic acids is 1. The van der Waals surface area contributed by atoms with E-state index in [1.54, 1.807) is 0 Å². The molecule has 2 N–H and O–H groups in total. The number of carboxylic acid groups (broad SMARTS) is 1. The van der Waals surface area contributed by atoms with Gasteiger partial charge in [0.2, 0.25) is 0 Å². The third kappa shape index (κ3) is 3.48. The third-order valence-corrected chi connectivity index (χ3v) is 8.51. The molecular formula is C16H15ClFNO6S2. The normalized spacial score (nSPS) is 24.0. The maximum atomic E-state index is 14.6. The Morgan fingerprint density at radius 3 is 2.52 bits per heavy atom. The molecule has 0 fully saturated rings. The van der Waals surface area contributed by atoms with Gasteiger partial charge in [0.15, 0.2) is 19.7 Å². The van der Waals surface area contributed by atoms with Gasteiger partial charge in [0.1, 0.15) is 5.82 Å². The zero-order valence-corrected chi connectivity index (χ0v) is 16.4. The molecule has 0 aliphatic carbocycles. The van der Waals surface area contributed by atoms with Crippen LogP contribution in [0.3, 0.4) is 0 Å². The second-order valence-corrected chi connectivity index (χ2v) is 11.0. The van der Waals surface area contributed by atoms with Gasteiger partial charge in [-0.05, 0) is 19.1 Å². The highest BCUT2D eigenvalue weighted by Crippen LogP contribution is 2.45. The number of dihydropyridines is 1. The topological polar surface area (TPSA) is 118 Å². The van der Waals surface area contributed by atoms with Crippen molar-refractivity contribution in [3.63, 3.8) is 0 Å². The van der Waals surface area contributed by atoms with Gasteiger partial charge in [-0.25, -0.2) is 26.0 Å². The molecule has 27 heavy (non-hydrogen) atoms. The lowest BCUT2D eigenvalue weighted by molar-refractivity contribution is -0.133. The number of aliphatic carboxylic acids is 1. The van der Waals surface area contributed by atoms with E-state index in [9.17, 15) is 31.1 Å². The minimum Gasteiger partial charge on any atom is -0.478 e. The van der Waals surface area contributed by atoms with Crippen LogP contribution in [0.2, 0.25) is 5.02 Å². The summed E-state index contributed by atoms with van der Waals surface area (Å²) in [6.07, 6.45) is 0. The van der Waals surface area contributed by atoms with Gasteiger partial charge in [-0.15, -0.1) is 0 Å². The van der Waals surface area contributed by atoms with Crippen LogP contribution in [0.4, 0.5) is 4.39 Å². The quantitative estimate of drug-likeness (QED) is 0.724. The molecule has 0 spiro atoms. The Labute approximate surface area is 160 Å². The average Bonchev–Trinajstić information content (AvgIpc) is 2.60. The molecule has 2 aliphatic heterocycles. The van der Waals surface area contributed by atoms with Crippen LogP contribution in [-0.4, -0.2) is 45.2 Å². The Balaban J connectivity index is 2.41. The lowest BCUT2D eigenvalue weighted by Gasteiger charge is -2.31. The van der Waals surface area contributed by atoms with E-state index in [-0.39, 0.29) is 22.0 Å². The molecule has 2 aliphatic rings. The van der Waals surface area contributed by atoms with E-state index >= 15 is 0 Å². The maximum absolute atomic E-state index is 14.6. The number of sulfone groups is 2. The van der Waals surface area contributed by atoms with Gasteiger partial charge in [0.25, 0.3) is 0 Å². The minimum absolute atomic E-state index is 0.0258. The molecule has 0 radical (unpaired) electrons. The van der Waals surface area contributed by atoms with Gasteiger partial charge in [-0.3, -0.25) is 0 Å². The van der Waals surface area contributed by atoms with Crippen LogP contribution in [0.5, 0.6) is 0 Å². The maximum Gasteiger partial charge on any atom is 0.334 e. The summed E-state index contributed by atoms with van der Waals surface area (Å²) >= 11 is 6.09. The first-order valence-corrected chi connectivity index (χ1v) is 11.6. The zero-order valence-electron chi connectivity index (χ0n) is 14.0. The van der Waals surface area contributed by atoms with Crippen LogP contribution in [0.25, 0.3) is 0 Å². The van der Waals surface area contributed by atoms with Gasteiger partial charge >= 0.3 is 5.97 Å². The first-order valence-electron chi connectivity index (χ1n) is 7.76. The van der Waals surface area contributed by atoms with E-state index in [1.807, 2.05) is 0 Å². The first kappa shape index (κ1) is 19.8. The highest BCUT2D eigenvalue weighted by atomic mass is 35.5. The van der Waals surface area contributed by atoms with Crippen molar-refractivity contribution >= 4 is 37.2 Å². The van der Waals surface area contributed by atoms with Gasteiger partial charge in [-0.2, -0.15) is 0 Å². The molecule has 0 aromatic heterocycles. The Morgan fingerprint density at radius 1 is 1.26 bits per heavy atom. The Bertz CT molecular complexity index is 1100. The second-order valence-electron chi connectivity index (χ2n) is 6.29. The molecule has 11 heteroatoms. The molecule has 1 unspecified atom stereocenters. The van der Waals surface area contributed by atoms with Gasteiger partial charge in [-0.1, -0.05) is 17.7 Å². The smallest absolute Gasteiger partial charge is 0.334 e. The molecule has 0 saturated heterocycles. The minimum atomic E-state index is -4.20. The number of hydrogen-bond donors (Lipinski definition) is 2. The van der Waals surface area contributed by atoms with Crippen LogP contribution in [-0.2, 0) is 24.5 Å². The molecule has 0 bridgehead atoms. The van der Waals surface area contributed by atoms with E-state index < -0.39 is 65.1 Å². The third-order valence-electron chi connectivity index (χ3n) is 4.47. The van der Waals surface area contributed by atoms with Crippen LogP contribution < -0.4 is 5.32 Å². The number of halogens is 2. The molecule has 0 saturated carbocycles. The van der Waals surface area contributed by atoms with Crippen LogP contribution in [0.1, 0.15) is 18.4 Å². The summed E-state index contributed by atoms with van der Waals surface area (Å²) in [5, 5.41) is 12.1. The number of carbonyl (C=O) groups is 1. The Hall–Kier alpha value is -1.91. The summed E-state index contributed by atoms with van der Waals surface area (Å²) in [5.41, 5.74) is -0.853. The van der Waals surface area contributed by atoms with Crippen molar-refractivity contribution in [3.05, 3.63) is 56.5 Å². The Morgan fingerprint density at radius 2 is 1.93 bits per heavy atom. The fourth-order valence-corrected chi connectivity index (χ4v) is 7.72. The van der Waals surface area contributed by atoms with Crippen molar-refractivity contribution in [2.24, 2.45) is 0 Å². The summed E-state index contributed by atoms with van der Waals surface area (Å²) in [6, 6.07) is 3.66. The summed E-state index contributed by atoms with van der Waals surface area (Å²) in [5.74, 6) is -5.83. The van der Waals surface area contributed by atoms with Crippen molar-refractivity contribution < 1.29 is 31.1 Å². The summed E-state index contributed by atoms with van der Waals surface area (Å²) in [4.78, 5) is 11.4. The summed E-state index contributed by atoms with van der Waals surface area (Å²) in [6.45, 7) is 1.36. The molecule has 1 aromatic rings. The molecule has 2 heterocycles. The largest absolute Gasteiger partial charge is 0.478 e. The van der Waals surface area contributed by atoms with Gasteiger partial charge in [0, 0.05) is 22.0 Å². The molecule has 1 atom stereocenters. The number of nitrogens with one attached hydrogen (secondary N) is 1. The fourth-order valence-electron chi connectivity index (χ4n) is 3.34. The van der Waals surface area contributed by atoms with E-state index in [1.165, 1.54) is 19.1 Å². The average molecular weight is 436 g/mol.